The van der Waals surface area contributed by atoms with Crippen LogP contribution in [0.2, 0.25) is 0 Å². The Balaban J connectivity index is 1.69. The molecule has 0 aliphatic carbocycles. The van der Waals surface area contributed by atoms with Crippen molar-refractivity contribution in [3.05, 3.63) is 41.5 Å². The predicted molar refractivity (Wildman–Crippen MR) is 105 cm³/mol. The third-order valence-electron chi connectivity index (χ3n) is 5.67. The second-order valence-corrected chi connectivity index (χ2v) is 7.63. The lowest BCUT2D eigenvalue weighted by Gasteiger charge is -2.40. The van der Waals surface area contributed by atoms with Crippen LogP contribution in [0.25, 0.3) is 0 Å². The van der Waals surface area contributed by atoms with Crippen molar-refractivity contribution >= 4 is 23.6 Å². The van der Waals surface area contributed by atoms with E-state index in [1.807, 2.05) is 17.9 Å². The first-order chi connectivity index (χ1) is 12.8. The zero-order valence-corrected chi connectivity index (χ0v) is 16.3. The van der Waals surface area contributed by atoms with Crippen LogP contribution in [-0.4, -0.2) is 71.5 Å². The van der Waals surface area contributed by atoms with Gasteiger partial charge in [-0.3, -0.25) is 9.69 Å². The lowest BCUT2D eigenvalue weighted by molar-refractivity contribution is -0.136. The lowest BCUT2D eigenvalue weighted by Crippen LogP contribution is -2.65. The monoisotopic (exact) mass is 367 g/mol. The van der Waals surface area contributed by atoms with Gasteiger partial charge in [-0.2, -0.15) is 0 Å². The molecular weight excluding hydrogens is 342 g/mol. The third-order valence-corrected chi connectivity index (χ3v) is 5.67. The van der Waals surface area contributed by atoms with Gasteiger partial charge in [0.25, 0.3) is 5.91 Å². The number of guanidine groups is 1. The molecule has 2 atom stereocenters. The van der Waals surface area contributed by atoms with Crippen molar-refractivity contribution in [1.82, 2.24) is 14.7 Å². The fourth-order valence-electron chi connectivity index (χ4n) is 4.11. The maximum Gasteiger partial charge on any atom is 0.328 e. The first kappa shape index (κ1) is 17.6. The summed E-state index contributed by atoms with van der Waals surface area (Å²) in [5.41, 5.74) is 4.31. The molecule has 4 rings (SSSR count). The van der Waals surface area contributed by atoms with Crippen LogP contribution in [0.5, 0.6) is 0 Å². The van der Waals surface area contributed by atoms with E-state index in [1.165, 1.54) is 16.0 Å². The molecule has 0 radical (unpaired) electrons. The maximum absolute atomic E-state index is 13.1. The zero-order chi connectivity index (χ0) is 19.5. The third kappa shape index (κ3) is 2.52. The number of imide groups is 1. The number of amides is 3. The Labute approximate surface area is 159 Å². The van der Waals surface area contributed by atoms with Crippen LogP contribution in [0, 0.1) is 13.8 Å². The molecule has 2 unspecified atom stereocenters. The molecule has 1 aromatic carbocycles. The van der Waals surface area contributed by atoms with Crippen LogP contribution in [0.3, 0.4) is 0 Å². The molecule has 3 aliphatic rings. The number of rotatable bonds is 3. The van der Waals surface area contributed by atoms with Gasteiger partial charge in [-0.25, -0.2) is 9.79 Å². The first-order valence-corrected chi connectivity index (χ1v) is 9.22. The van der Waals surface area contributed by atoms with Crippen LogP contribution >= 0.6 is 0 Å². The van der Waals surface area contributed by atoms with Crippen molar-refractivity contribution in [1.29, 1.82) is 0 Å². The summed E-state index contributed by atoms with van der Waals surface area (Å²) >= 11 is 0. The standard InChI is InChI=1S/C20H25N5O2/c1-12(2)11-25-18(26)16-17(22(5)20(25)27)21-19-23(9-10-24(16)19)15-8-6-7-13(3)14(15)4/h6-8,16-17H,1,9-11H2,2-5H3. The summed E-state index contributed by atoms with van der Waals surface area (Å²) in [5.74, 6) is 0.594. The normalized spacial score (nSPS) is 24.4. The highest BCUT2D eigenvalue weighted by molar-refractivity contribution is 6.08. The number of carbonyl (C=O) groups excluding carboxylic acids is 2. The molecule has 7 heteroatoms. The number of urea groups is 1. The minimum absolute atomic E-state index is 0.187. The fourth-order valence-corrected chi connectivity index (χ4v) is 4.11. The molecule has 2 saturated heterocycles. The van der Waals surface area contributed by atoms with Gasteiger partial charge in [0.2, 0.25) is 5.96 Å². The van der Waals surface area contributed by atoms with Gasteiger partial charge in [0.05, 0.1) is 6.54 Å². The van der Waals surface area contributed by atoms with Crippen molar-refractivity contribution < 1.29 is 9.59 Å². The second-order valence-electron chi connectivity index (χ2n) is 7.63. The van der Waals surface area contributed by atoms with Crippen molar-refractivity contribution in [3.8, 4) is 0 Å². The molecule has 0 bridgehead atoms. The minimum Gasteiger partial charge on any atom is -0.325 e. The number of anilines is 1. The number of fused-ring (bicyclic) bond motifs is 3. The van der Waals surface area contributed by atoms with Gasteiger partial charge in [-0.05, 0) is 38.0 Å². The largest absolute Gasteiger partial charge is 0.328 e. The molecule has 3 amide bonds. The summed E-state index contributed by atoms with van der Waals surface area (Å²) in [6, 6.07) is 5.44. The molecule has 0 N–H and O–H groups in total. The molecule has 7 nitrogen and oxygen atoms in total. The molecule has 0 saturated carbocycles. The second kappa shape index (κ2) is 6.11. The average Bonchev–Trinajstić information content (AvgIpc) is 3.18. The Morgan fingerprint density at radius 2 is 2.00 bits per heavy atom. The molecule has 3 heterocycles. The summed E-state index contributed by atoms with van der Waals surface area (Å²) in [7, 11) is 1.71. The van der Waals surface area contributed by atoms with E-state index in [9.17, 15) is 9.59 Å². The lowest BCUT2D eigenvalue weighted by atomic mass is 10.1. The van der Waals surface area contributed by atoms with Crippen LogP contribution in [-0.2, 0) is 4.79 Å². The summed E-state index contributed by atoms with van der Waals surface area (Å²) < 4.78 is 0. The number of nitrogens with zero attached hydrogens (tertiary/aromatic N) is 5. The van der Waals surface area contributed by atoms with Crippen molar-refractivity contribution in [3.63, 3.8) is 0 Å². The fraction of sp³-hybridized carbons (Fsp3) is 0.450. The van der Waals surface area contributed by atoms with Gasteiger partial charge in [0.1, 0.15) is 0 Å². The van der Waals surface area contributed by atoms with Gasteiger partial charge >= 0.3 is 6.03 Å². The van der Waals surface area contributed by atoms with E-state index in [4.69, 9.17) is 4.99 Å². The minimum atomic E-state index is -0.478. The maximum atomic E-state index is 13.1. The van der Waals surface area contributed by atoms with Crippen molar-refractivity contribution in [2.75, 3.05) is 31.6 Å². The Morgan fingerprint density at radius 3 is 2.70 bits per heavy atom. The smallest absolute Gasteiger partial charge is 0.325 e. The van der Waals surface area contributed by atoms with Crippen molar-refractivity contribution in [2.24, 2.45) is 4.99 Å². The topological polar surface area (TPSA) is 59.5 Å². The molecule has 1 aromatic rings. The number of aryl methyl sites for hydroxylation is 1. The van der Waals surface area contributed by atoms with E-state index < -0.39 is 12.2 Å². The Kier molecular flexibility index (Phi) is 3.98. The summed E-state index contributed by atoms with van der Waals surface area (Å²) in [5, 5.41) is 0. The molecule has 27 heavy (non-hydrogen) atoms. The van der Waals surface area contributed by atoms with E-state index in [2.05, 4.69) is 37.5 Å². The Bertz CT molecular complexity index is 877. The van der Waals surface area contributed by atoms with E-state index in [1.54, 1.807) is 11.9 Å². The van der Waals surface area contributed by atoms with Gasteiger partial charge in [0, 0.05) is 25.8 Å². The molecule has 2 fully saturated rings. The summed E-state index contributed by atoms with van der Waals surface area (Å²) in [6.45, 7) is 11.6. The highest BCUT2D eigenvalue weighted by Gasteiger charge is 2.54. The van der Waals surface area contributed by atoms with Gasteiger partial charge in [0.15, 0.2) is 12.2 Å². The number of carbonyl (C=O) groups is 2. The van der Waals surface area contributed by atoms with E-state index in [0.29, 0.717) is 6.54 Å². The SMILES string of the molecule is C=C(C)CN1C(=O)C2C(N=C3N(c4cccc(C)c4C)CCN32)N(C)C1=O. The van der Waals surface area contributed by atoms with Crippen LogP contribution in [0.15, 0.2) is 35.3 Å². The molecular formula is C20H25N5O2. The van der Waals surface area contributed by atoms with Crippen molar-refractivity contribution in [2.45, 2.75) is 33.0 Å². The molecule has 0 spiro atoms. The predicted octanol–water partition coefficient (Wildman–Crippen LogP) is 1.96. The first-order valence-electron chi connectivity index (χ1n) is 9.22. The number of hydrogen-bond acceptors (Lipinski definition) is 5. The quantitative estimate of drug-likeness (QED) is 0.767. The Morgan fingerprint density at radius 1 is 1.26 bits per heavy atom. The van der Waals surface area contributed by atoms with Crippen LogP contribution in [0.4, 0.5) is 10.5 Å². The number of aliphatic imine (C=N–C) groups is 1. The van der Waals surface area contributed by atoms with Gasteiger partial charge in [-0.1, -0.05) is 24.3 Å². The van der Waals surface area contributed by atoms with Gasteiger partial charge in [-0.15, -0.1) is 0 Å². The summed E-state index contributed by atoms with van der Waals surface area (Å²) in [4.78, 5) is 37.7. The van der Waals surface area contributed by atoms with E-state index in [-0.39, 0.29) is 18.5 Å². The highest BCUT2D eigenvalue weighted by atomic mass is 16.2. The van der Waals surface area contributed by atoms with E-state index in [0.717, 1.165) is 23.8 Å². The highest BCUT2D eigenvalue weighted by Crippen LogP contribution is 2.34. The van der Waals surface area contributed by atoms with Gasteiger partial charge < -0.3 is 14.7 Å². The Hall–Kier alpha value is -2.83. The average molecular weight is 367 g/mol. The number of benzene rings is 1. The van der Waals surface area contributed by atoms with Crippen LogP contribution < -0.4 is 4.90 Å². The molecule has 3 aliphatic heterocycles. The zero-order valence-electron chi connectivity index (χ0n) is 16.3. The number of hydrogen-bond donors (Lipinski definition) is 0. The number of likely N-dealkylation sites (N-methyl/N-ethyl adjacent to an activating group) is 1. The van der Waals surface area contributed by atoms with E-state index >= 15 is 0 Å². The summed E-state index contributed by atoms with van der Waals surface area (Å²) in [6.07, 6.45) is -0.478. The van der Waals surface area contributed by atoms with Crippen LogP contribution in [0.1, 0.15) is 18.1 Å². The molecule has 0 aromatic heterocycles. The molecule has 142 valence electrons.